The molecule has 0 fully saturated rings. The summed E-state index contributed by atoms with van der Waals surface area (Å²) in [5.41, 5.74) is 13.1. The van der Waals surface area contributed by atoms with E-state index in [0.29, 0.717) is 57.8 Å². The number of halogens is 1. The van der Waals surface area contributed by atoms with Crippen molar-refractivity contribution in [2.24, 2.45) is 0 Å². The minimum absolute atomic E-state index is 0.104. The van der Waals surface area contributed by atoms with Crippen LogP contribution in [-0.4, -0.2) is 84.0 Å². The predicted molar refractivity (Wildman–Crippen MR) is 197 cm³/mol. The van der Waals surface area contributed by atoms with E-state index in [4.69, 9.17) is 30.5 Å². The van der Waals surface area contributed by atoms with Crippen LogP contribution in [0.5, 0.6) is 11.5 Å². The minimum atomic E-state index is -1.02. The van der Waals surface area contributed by atoms with Crippen molar-refractivity contribution in [2.75, 3.05) is 31.0 Å². The van der Waals surface area contributed by atoms with Gasteiger partial charge in [-0.15, -0.1) is 10.2 Å². The Morgan fingerprint density at radius 2 is 1.41 bits per heavy atom. The van der Waals surface area contributed by atoms with Crippen molar-refractivity contribution in [3.8, 4) is 11.5 Å². The number of benzene rings is 2. The number of fused-ring (bicyclic) bond motifs is 8. The second kappa shape index (κ2) is 12.8. The molecule has 10 rings (SSSR count). The third-order valence-corrected chi connectivity index (χ3v) is 10.0. The Labute approximate surface area is 306 Å². The number of nitrogens with one attached hydrogen (secondary N) is 1. The van der Waals surface area contributed by atoms with E-state index < -0.39 is 6.86 Å². The number of aromatic hydroxyl groups is 1. The van der Waals surface area contributed by atoms with Crippen molar-refractivity contribution < 1.29 is 14.2 Å². The van der Waals surface area contributed by atoms with Crippen molar-refractivity contribution >= 4 is 50.7 Å². The zero-order valence-electron chi connectivity index (χ0n) is 28.9. The molecule has 4 N–H and O–H groups in total. The molecule has 0 spiro atoms. The first kappa shape index (κ1) is 32.1. The van der Waals surface area contributed by atoms with Gasteiger partial charge in [-0.2, -0.15) is 9.03 Å². The number of aromatic nitrogens is 10. The molecule has 2 aliphatic heterocycles. The average molecular weight is 725 g/mol. The van der Waals surface area contributed by atoms with Crippen LogP contribution >= 0.6 is 0 Å². The molecular formula is C37H33FN14O2. The Morgan fingerprint density at radius 1 is 0.741 bits per heavy atom. The fourth-order valence-electron chi connectivity index (χ4n) is 7.44. The van der Waals surface area contributed by atoms with Gasteiger partial charge in [-0.1, -0.05) is 18.2 Å². The second-order valence-corrected chi connectivity index (χ2v) is 13.5. The molecule has 2 aliphatic rings. The van der Waals surface area contributed by atoms with Gasteiger partial charge in [0, 0.05) is 81.6 Å². The quantitative estimate of drug-likeness (QED) is 0.183. The number of alkyl halides is 1. The predicted octanol–water partition coefficient (Wildman–Crippen LogP) is 4.11. The molecule has 0 aliphatic carbocycles. The standard InChI is InChI=1S/C37H33FN14O2/c38-20-54-29-7-1-6-24-33(29)46-37(52-34(24)43-31(48-52)9-13-50-17-22-5-3-11-41-27(22)19-50)42-23-14-25-32(28(53)15-23)45-36(39)51-35(25)44-30(47-51)8-12-49-16-21-4-2-10-40-26(21)18-49/h1-7,10-11,14-15,53H,8-9,12-13,16-20H2,(H2,39,45)(H,42,46). The number of phenolic OH excluding ortho intramolecular Hbond substituents is 1. The zero-order valence-corrected chi connectivity index (χ0v) is 28.9. The van der Waals surface area contributed by atoms with Crippen LogP contribution in [0, 0.1) is 0 Å². The summed E-state index contributed by atoms with van der Waals surface area (Å²) in [6.07, 6.45) is 4.80. The molecule has 17 heteroatoms. The maximum Gasteiger partial charge on any atom is 0.231 e. The molecule has 270 valence electrons. The van der Waals surface area contributed by atoms with Crippen molar-refractivity contribution in [1.29, 1.82) is 0 Å². The maximum absolute atomic E-state index is 13.5. The van der Waals surface area contributed by atoms with Crippen LogP contribution in [0.1, 0.15) is 34.2 Å². The highest BCUT2D eigenvalue weighted by Crippen LogP contribution is 2.34. The number of nitrogens with zero attached hydrogens (tertiary/aromatic N) is 12. The average Bonchev–Trinajstić information content (AvgIpc) is 3.98. The van der Waals surface area contributed by atoms with Gasteiger partial charge in [0.1, 0.15) is 22.5 Å². The topological polar surface area (TPSA) is 186 Å². The number of rotatable bonds is 10. The van der Waals surface area contributed by atoms with Gasteiger partial charge in [0.15, 0.2) is 22.9 Å². The highest BCUT2D eigenvalue weighted by molar-refractivity contribution is 5.99. The first-order chi connectivity index (χ1) is 26.5. The number of nitrogen functional groups attached to an aromatic ring is 1. The van der Waals surface area contributed by atoms with Crippen molar-refractivity contribution in [2.45, 2.75) is 39.0 Å². The summed E-state index contributed by atoms with van der Waals surface area (Å²) in [4.78, 5) is 32.7. The van der Waals surface area contributed by atoms with E-state index in [2.05, 4.69) is 47.3 Å². The number of hydrogen-bond acceptors (Lipinski definition) is 14. The Balaban J connectivity index is 0.983. The number of phenols is 1. The van der Waals surface area contributed by atoms with Crippen LogP contribution < -0.4 is 15.8 Å². The number of para-hydroxylation sites is 1. The molecule has 8 heterocycles. The molecular weight excluding hydrogens is 692 g/mol. The molecule has 8 aromatic rings. The highest BCUT2D eigenvalue weighted by Gasteiger charge is 2.23. The summed E-state index contributed by atoms with van der Waals surface area (Å²) in [5, 5.41) is 25.3. The molecule has 0 amide bonds. The van der Waals surface area contributed by atoms with Crippen molar-refractivity contribution in [1.82, 2.24) is 58.9 Å². The summed E-state index contributed by atoms with van der Waals surface area (Å²) in [6.45, 7) is 3.62. The molecule has 0 atom stereocenters. The third-order valence-electron chi connectivity index (χ3n) is 10.0. The van der Waals surface area contributed by atoms with Crippen LogP contribution in [0.25, 0.3) is 33.1 Å². The van der Waals surface area contributed by atoms with Gasteiger partial charge in [0.05, 0.1) is 16.8 Å². The van der Waals surface area contributed by atoms with E-state index in [9.17, 15) is 9.50 Å². The molecule has 0 unspecified atom stereocenters. The number of nitrogens with two attached hydrogens (primary N) is 1. The normalized spacial score (nSPS) is 14.5. The number of hydrogen-bond donors (Lipinski definition) is 3. The fourth-order valence-corrected chi connectivity index (χ4v) is 7.44. The molecule has 0 saturated carbocycles. The summed E-state index contributed by atoms with van der Waals surface area (Å²) in [5.74, 6) is 1.74. The first-order valence-corrected chi connectivity index (χ1v) is 17.6. The smallest absolute Gasteiger partial charge is 0.231 e. The Morgan fingerprint density at radius 3 is 2.07 bits per heavy atom. The monoisotopic (exact) mass is 724 g/mol. The van der Waals surface area contributed by atoms with Crippen LogP contribution in [0.15, 0.2) is 67.0 Å². The van der Waals surface area contributed by atoms with E-state index in [-0.39, 0.29) is 28.9 Å². The summed E-state index contributed by atoms with van der Waals surface area (Å²) in [6, 6.07) is 16.7. The van der Waals surface area contributed by atoms with Crippen molar-refractivity contribution in [3.63, 3.8) is 0 Å². The van der Waals surface area contributed by atoms with E-state index in [1.54, 1.807) is 22.7 Å². The van der Waals surface area contributed by atoms with Gasteiger partial charge in [-0.3, -0.25) is 19.8 Å². The minimum Gasteiger partial charge on any atom is -0.506 e. The molecule has 0 radical (unpaired) electrons. The molecule has 54 heavy (non-hydrogen) atoms. The van der Waals surface area contributed by atoms with E-state index >= 15 is 0 Å². The van der Waals surface area contributed by atoms with Gasteiger partial charge in [0.2, 0.25) is 18.8 Å². The van der Waals surface area contributed by atoms with Gasteiger partial charge < -0.3 is 20.9 Å². The summed E-state index contributed by atoms with van der Waals surface area (Å²) in [7, 11) is 0. The van der Waals surface area contributed by atoms with Crippen LogP contribution in [0.3, 0.4) is 0 Å². The number of anilines is 3. The first-order valence-electron chi connectivity index (χ1n) is 17.6. The van der Waals surface area contributed by atoms with Crippen molar-refractivity contribution in [3.05, 3.63) is 101 Å². The molecule has 2 aromatic carbocycles. The Hall–Kier alpha value is -6.59. The van der Waals surface area contributed by atoms with Gasteiger partial charge in [0.25, 0.3) is 0 Å². The summed E-state index contributed by atoms with van der Waals surface area (Å²) >= 11 is 0. The third kappa shape index (κ3) is 5.60. The molecule has 16 nitrogen and oxygen atoms in total. The molecule has 0 bridgehead atoms. The number of pyridine rings is 2. The maximum atomic E-state index is 13.5. The van der Waals surface area contributed by atoms with Gasteiger partial charge >= 0.3 is 0 Å². The molecule has 6 aromatic heterocycles. The van der Waals surface area contributed by atoms with E-state index in [1.807, 2.05) is 30.6 Å². The van der Waals surface area contributed by atoms with Gasteiger partial charge in [-0.25, -0.2) is 24.3 Å². The lowest BCUT2D eigenvalue weighted by molar-refractivity contribution is 0.193. The highest BCUT2D eigenvalue weighted by atomic mass is 19.1. The SMILES string of the molecule is Nc1nc2c(O)cc(Nc3nc4c(OCF)cccc4c4nc(CCN5Cc6cccnc6C5)nn34)cc2c2nc(CCN3Cc4cccnc4C3)nn12. The number of ether oxygens (including phenoxy) is 1. The Kier molecular flexibility index (Phi) is 7.62. The second-order valence-electron chi connectivity index (χ2n) is 13.5. The van der Waals surface area contributed by atoms with Crippen LogP contribution in [0.4, 0.5) is 22.0 Å². The van der Waals surface area contributed by atoms with E-state index in [1.165, 1.54) is 21.7 Å². The largest absolute Gasteiger partial charge is 0.506 e. The van der Waals surface area contributed by atoms with Crippen LogP contribution in [0.2, 0.25) is 0 Å². The molecule has 0 saturated heterocycles. The van der Waals surface area contributed by atoms with Gasteiger partial charge in [-0.05, 0) is 41.5 Å². The summed E-state index contributed by atoms with van der Waals surface area (Å²) < 4.78 is 21.9. The van der Waals surface area contributed by atoms with E-state index in [0.717, 1.165) is 50.7 Å². The lowest BCUT2D eigenvalue weighted by atomic mass is 10.2. The lowest BCUT2D eigenvalue weighted by Gasteiger charge is -2.13. The lowest BCUT2D eigenvalue weighted by Crippen LogP contribution is -2.20. The Bertz CT molecular complexity index is 2700. The van der Waals surface area contributed by atoms with Crippen LogP contribution in [-0.2, 0) is 39.0 Å². The fraction of sp³-hybridized carbons (Fsp3) is 0.243. The zero-order chi connectivity index (χ0) is 36.3.